The molecule has 0 saturated carbocycles. The van der Waals surface area contributed by atoms with Crippen molar-refractivity contribution in [2.45, 2.75) is 6.92 Å². The lowest BCUT2D eigenvalue weighted by Gasteiger charge is -2.33. The van der Waals surface area contributed by atoms with Crippen LogP contribution in [0.4, 0.5) is 11.4 Å². The lowest BCUT2D eigenvalue weighted by molar-refractivity contribution is -0.123. The fraction of sp³-hybridized carbons (Fsp3) is 0.364. The van der Waals surface area contributed by atoms with Crippen LogP contribution in [-0.2, 0) is 14.3 Å². The normalized spacial score (nSPS) is 13.6. The molecule has 2 amide bonds. The van der Waals surface area contributed by atoms with Crippen LogP contribution < -0.4 is 19.9 Å². The maximum absolute atomic E-state index is 12.3. The van der Waals surface area contributed by atoms with Crippen LogP contribution in [0.1, 0.15) is 6.92 Å². The summed E-state index contributed by atoms with van der Waals surface area (Å²) in [5, 5.41) is 2.82. The number of hydrogen-bond donors (Lipinski definition) is 1. The summed E-state index contributed by atoms with van der Waals surface area (Å²) in [6, 6.07) is 17.0. The second kappa shape index (κ2) is 10.5. The highest BCUT2D eigenvalue weighted by atomic mass is 16.5. The minimum absolute atomic E-state index is 0.0611. The van der Waals surface area contributed by atoms with Crippen LogP contribution in [0, 0.1) is 0 Å². The molecule has 7 nitrogen and oxygen atoms in total. The topological polar surface area (TPSA) is 71.1 Å². The molecule has 2 aromatic rings. The molecule has 0 bridgehead atoms. The Balaban J connectivity index is 1.57. The molecule has 29 heavy (non-hydrogen) atoms. The number of ether oxygens (including phenoxy) is 2. The molecule has 0 radical (unpaired) electrons. The largest absolute Gasteiger partial charge is 0.484 e. The monoisotopic (exact) mass is 397 g/mol. The number of nitrogens with zero attached hydrogens (tertiary/aromatic N) is 2. The van der Waals surface area contributed by atoms with Gasteiger partial charge in [-0.15, -0.1) is 0 Å². The zero-order chi connectivity index (χ0) is 20.5. The van der Waals surface area contributed by atoms with E-state index < -0.39 is 0 Å². The van der Waals surface area contributed by atoms with Gasteiger partial charge >= 0.3 is 0 Å². The van der Waals surface area contributed by atoms with Gasteiger partial charge in [-0.2, -0.15) is 0 Å². The quantitative estimate of drug-likeness (QED) is 0.738. The number of anilines is 2. The van der Waals surface area contributed by atoms with Gasteiger partial charge in [-0.05, 0) is 24.3 Å². The zero-order valence-electron chi connectivity index (χ0n) is 16.7. The molecule has 0 atom stereocenters. The van der Waals surface area contributed by atoms with Gasteiger partial charge in [-0.25, -0.2) is 0 Å². The standard InChI is InChI=1S/C22H27N3O4/c1-18(26)25(12-11-23-22(27)17-29-19-7-3-2-4-8-19)21-10-6-5-9-20(21)24-13-15-28-16-14-24/h2-10H,11-17H2,1H3,(H,23,27). The smallest absolute Gasteiger partial charge is 0.258 e. The zero-order valence-corrected chi connectivity index (χ0v) is 16.7. The predicted molar refractivity (Wildman–Crippen MR) is 112 cm³/mol. The molecule has 0 aromatic heterocycles. The van der Waals surface area contributed by atoms with E-state index in [4.69, 9.17) is 9.47 Å². The van der Waals surface area contributed by atoms with Gasteiger partial charge in [0.25, 0.3) is 5.91 Å². The molecule has 3 rings (SSSR count). The highest BCUT2D eigenvalue weighted by Crippen LogP contribution is 2.29. The van der Waals surface area contributed by atoms with E-state index in [1.807, 2.05) is 42.5 Å². The minimum Gasteiger partial charge on any atom is -0.484 e. The molecule has 1 fully saturated rings. The molecule has 1 aliphatic heterocycles. The number of rotatable bonds is 8. The Labute approximate surface area is 171 Å². The van der Waals surface area contributed by atoms with Gasteiger partial charge in [-0.3, -0.25) is 9.59 Å². The molecule has 1 N–H and O–H groups in total. The summed E-state index contributed by atoms with van der Waals surface area (Å²) >= 11 is 0. The maximum Gasteiger partial charge on any atom is 0.258 e. The van der Waals surface area contributed by atoms with Crippen molar-refractivity contribution in [3.8, 4) is 5.75 Å². The third-order valence-electron chi connectivity index (χ3n) is 4.68. The van der Waals surface area contributed by atoms with Gasteiger partial charge in [-0.1, -0.05) is 30.3 Å². The van der Waals surface area contributed by atoms with E-state index in [0.717, 1.165) is 24.5 Å². The van der Waals surface area contributed by atoms with Crippen molar-refractivity contribution < 1.29 is 19.1 Å². The van der Waals surface area contributed by atoms with Gasteiger partial charge in [0.1, 0.15) is 5.75 Å². The number of benzene rings is 2. The fourth-order valence-electron chi connectivity index (χ4n) is 3.24. The van der Waals surface area contributed by atoms with Crippen LogP contribution >= 0.6 is 0 Å². The van der Waals surface area contributed by atoms with E-state index >= 15 is 0 Å². The third kappa shape index (κ3) is 5.96. The Morgan fingerprint density at radius 3 is 2.48 bits per heavy atom. The second-order valence-electron chi connectivity index (χ2n) is 6.71. The first-order chi connectivity index (χ1) is 14.1. The van der Waals surface area contributed by atoms with E-state index in [2.05, 4.69) is 10.2 Å². The van der Waals surface area contributed by atoms with Crippen molar-refractivity contribution in [2.24, 2.45) is 0 Å². The van der Waals surface area contributed by atoms with Gasteiger partial charge in [0, 0.05) is 33.1 Å². The number of hydrogen-bond acceptors (Lipinski definition) is 5. The van der Waals surface area contributed by atoms with E-state index in [-0.39, 0.29) is 18.4 Å². The van der Waals surface area contributed by atoms with E-state index in [0.29, 0.717) is 32.1 Å². The van der Waals surface area contributed by atoms with Gasteiger partial charge in [0.05, 0.1) is 24.6 Å². The Bertz CT molecular complexity index is 807. The Morgan fingerprint density at radius 1 is 1.07 bits per heavy atom. The van der Waals surface area contributed by atoms with Crippen molar-refractivity contribution in [1.82, 2.24) is 5.32 Å². The summed E-state index contributed by atoms with van der Waals surface area (Å²) in [4.78, 5) is 28.3. The lowest BCUT2D eigenvalue weighted by Crippen LogP contribution is -2.41. The molecular weight excluding hydrogens is 370 g/mol. The number of para-hydroxylation sites is 3. The Morgan fingerprint density at radius 2 is 1.76 bits per heavy atom. The molecule has 0 spiro atoms. The number of morpholine rings is 1. The minimum atomic E-state index is -0.223. The van der Waals surface area contributed by atoms with Crippen molar-refractivity contribution in [1.29, 1.82) is 0 Å². The third-order valence-corrected chi connectivity index (χ3v) is 4.68. The summed E-state index contributed by atoms with van der Waals surface area (Å²) in [5.74, 6) is 0.353. The summed E-state index contributed by atoms with van der Waals surface area (Å²) in [7, 11) is 0. The molecular formula is C22H27N3O4. The highest BCUT2D eigenvalue weighted by Gasteiger charge is 2.20. The molecule has 0 unspecified atom stereocenters. The first-order valence-corrected chi connectivity index (χ1v) is 9.79. The van der Waals surface area contributed by atoms with Crippen LogP contribution in [0.25, 0.3) is 0 Å². The number of nitrogens with one attached hydrogen (secondary N) is 1. The first kappa shape index (κ1) is 20.7. The van der Waals surface area contributed by atoms with Crippen molar-refractivity contribution in [3.63, 3.8) is 0 Å². The average molecular weight is 397 g/mol. The van der Waals surface area contributed by atoms with Crippen LogP contribution in [0.2, 0.25) is 0 Å². The molecule has 1 heterocycles. The van der Waals surface area contributed by atoms with Crippen LogP contribution in [0.3, 0.4) is 0 Å². The summed E-state index contributed by atoms with van der Waals surface area (Å²) in [6.45, 7) is 5.12. The number of amides is 2. The number of carbonyl (C=O) groups excluding carboxylic acids is 2. The summed E-state index contributed by atoms with van der Waals surface area (Å²) in [5.41, 5.74) is 1.85. The van der Waals surface area contributed by atoms with Crippen LogP contribution in [0.15, 0.2) is 54.6 Å². The van der Waals surface area contributed by atoms with Gasteiger partial charge in [0.15, 0.2) is 6.61 Å². The van der Waals surface area contributed by atoms with E-state index in [1.165, 1.54) is 6.92 Å². The highest BCUT2D eigenvalue weighted by molar-refractivity contribution is 5.95. The van der Waals surface area contributed by atoms with Crippen molar-refractivity contribution in [2.75, 3.05) is 55.8 Å². The Hall–Kier alpha value is -3.06. The maximum atomic E-state index is 12.3. The van der Waals surface area contributed by atoms with Crippen molar-refractivity contribution >= 4 is 23.2 Å². The van der Waals surface area contributed by atoms with Gasteiger partial charge < -0.3 is 24.6 Å². The summed E-state index contributed by atoms with van der Waals surface area (Å²) < 4.78 is 10.9. The lowest BCUT2D eigenvalue weighted by atomic mass is 10.2. The van der Waals surface area contributed by atoms with Gasteiger partial charge in [0.2, 0.25) is 5.91 Å². The molecule has 154 valence electrons. The molecule has 2 aromatic carbocycles. The first-order valence-electron chi connectivity index (χ1n) is 9.79. The second-order valence-corrected chi connectivity index (χ2v) is 6.71. The molecule has 7 heteroatoms. The van der Waals surface area contributed by atoms with E-state index in [1.54, 1.807) is 17.0 Å². The molecule has 0 aliphatic carbocycles. The SMILES string of the molecule is CC(=O)N(CCNC(=O)COc1ccccc1)c1ccccc1N1CCOCC1. The average Bonchev–Trinajstić information content (AvgIpc) is 2.76. The number of carbonyl (C=O) groups is 2. The van der Waals surface area contributed by atoms with Crippen LogP contribution in [0.5, 0.6) is 5.75 Å². The van der Waals surface area contributed by atoms with Crippen molar-refractivity contribution in [3.05, 3.63) is 54.6 Å². The molecule has 1 aliphatic rings. The predicted octanol–water partition coefficient (Wildman–Crippen LogP) is 2.07. The van der Waals surface area contributed by atoms with E-state index in [9.17, 15) is 9.59 Å². The van der Waals surface area contributed by atoms with Crippen LogP contribution in [-0.4, -0.2) is 57.8 Å². The molecule has 1 saturated heterocycles. The Kier molecular flexibility index (Phi) is 7.47. The fourth-order valence-corrected chi connectivity index (χ4v) is 3.24. The summed E-state index contributed by atoms with van der Waals surface area (Å²) in [6.07, 6.45) is 0.